The number of hydrogen-bond donors (Lipinski definition) is 1. The maximum absolute atomic E-state index is 12.3. The zero-order valence-corrected chi connectivity index (χ0v) is 11.2. The van der Waals surface area contributed by atoms with Crippen molar-refractivity contribution in [1.82, 2.24) is 0 Å². The molecule has 0 heterocycles. The second-order valence-corrected chi connectivity index (χ2v) is 5.91. The second-order valence-electron chi connectivity index (χ2n) is 5.91. The van der Waals surface area contributed by atoms with Crippen LogP contribution in [0.15, 0.2) is 24.3 Å². The number of rotatable bonds is 3. The summed E-state index contributed by atoms with van der Waals surface area (Å²) in [6, 6.07) is 7.19. The monoisotopic (exact) mass is 257 g/mol. The van der Waals surface area contributed by atoms with Crippen molar-refractivity contribution in [2.45, 2.75) is 32.6 Å². The van der Waals surface area contributed by atoms with Gasteiger partial charge in [-0.25, -0.2) is 0 Å². The van der Waals surface area contributed by atoms with Crippen molar-refractivity contribution >= 4 is 17.4 Å². The van der Waals surface area contributed by atoms with Gasteiger partial charge in [0.15, 0.2) is 5.78 Å². The predicted molar refractivity (Wildman–Crippen MR) is 74.0 cm³/mol. The summed E-state index contributed by atoms with van der Waals surface area (Å²) in [5.74, 6) is 1.69. The largest absolute Gasteiger partial charge is 0.326 e. The van der Waals surface area contributed by atoms with Gasteiger partial charge in [0.2, 0.25) is 5.91 Å². The molecule has 2 fully saturated rings. The van der Waals surface area contributed by atoms with Gasteiger partial charge in [-0.1, -0.05) is 18.6 Å². The van der Waals surface area contributed by atoms with Gasteiger partial charge in [0.25, 0.3) is 0 Å². The summed E-state index contributed by atoms with van der Waals surface area (Å²) in [5, 5.41) is 2.97. The number of anilines is 1. The lowest BCUT2D eigenvalue weighted by molar-refractivity contribution is -0.121. The molecular formula is C16H19NO2. The van der Waals surface area contributed by atoms with Crippen LogP contribution in [0.1, 0.15) is 43.0 Å². The summed E-state index contributed by atoms with van der Waals surface area (Å²) >= 11 is 0. The number of amides is 1. The Morgan fingerprint density at radius 1 is 1.21 bits per heavy atom. The van der Waals surface area contributed by atoms with Crippen molar-refractivity contribution in [3.05, 3.63) is 29.8 Å². The molecule has 19 heavy (non-hydrogen) atoms. The van der Waals surface area contributed by atoms with E-state index in [1.54, 1.807) is 12.1 Å². The average molecular weight is 257 g/mol. The number of hydrogen-bond acceptors (Lipinski definition) is 2. The fourth-order valence-electron chi connectivity index (χ4n) is 3.62. The van der Waals surface area contributed by atoms with E-state index in [9.17, 15) is 9.59 Å². The Bertz CT molecular complexity index is 523. The predicted octanol–water partition coefficient (Wildman–Crippen LogP) is 3.26. The van der Waals surface area contributed by atoms with Crippen molar-refractivity contribution < 1.29 is 9.59 Å². The highest BCUT2D eigenvalue weighted by atomic mass is 16.2. The van der Waals surface area contributed by atoms with Crippen LogP contribution in [0.5, 0.6) is 0 Å². The lowest BCUT2D eigenvalue weighted by Gasteiger charge is -2.20. The first-order valence-corrected chi connectivity index (χ1v) is 7.05. The average Bonchev–Trinajstić information content (AvgIpc) is 3.01. The van der Waals surface area contributed by atoms with Crippen LogP contribution in [0, 0.1) is 17.8 Å². The van der Waals surface area contributed by atoms with E-state index >= 15 is 0 Å². The standard InChI is InChI=1S/C16H19NO2/c1-10(18)12-3-2-4-14(9-12)17-16(19)15-8-11-5-6-13(15)7-11/h2-4,9,11,13,15H,5-8H2,1H3,(H,17,19). The van der Waals surface area contributed by atoms with E-state index in [1.807, 2.05) is 12.1 Å². The molecule has 2 bridgehead atoms. The topological polar surface area (TPSA) is 46.2 Å². The van der Waals surface area contributed by atoms with E-state index < -0.39 is 0 Å². The highest BCUT2D eigenvalue weighted by Crippen LogP contribution is 2.48. The van der Waals surface area contributed by atoms with E-state index in [0.29, 0.717) is 11.5 Å². The molecule has 0 spiro atoms. The van der Waals surface area contributed by atoms with Gasteiger partial charge in [-0.2, -0.15) is 0 Å². The molecule has 0 aliphatic heterocycles. The Morgan fingerprint density at radius 3 is 2.68 bits per heavy atom. The molecule has 1 aromatic carbocycles. The SMILES string of the molecule is CC(=O)c1cccc(NC(=O)C2CC3CCC2C3)c1. The zero-order valence-electron chi connectivity index (χ0n) is 11.2. The van der Waals surface area contributed by atoms with E-state index in [4.69, 9.17) is 0 Å². The second kappa shape index (κ2) is 4.80. The van der Waals surface area contributed by atoms with Crippen molar-refractivity contribution in [3.63, 3.8) is 0 Å². The van der Waals surface area contributed by atoms with Crippen LogP contribution in [0.4, 0.5) is 5.69 Å². The summed E-state index contributed by atoms with van der Waals surface area (Å²) in [7, 11) is 0. The summed E-state index contributed by atoms with van der Waals surface area (Å²) in [5.41, 5.74) is 1.38. The molecule has 1 amide bonds. The van der Waals surface area contributed by atoms with E-state index in [0.717, 1.165) is 18.0 Å². The van der Waals surface area contributed by atoms with Crippen LogP contribution in [0.2, 0.25) is 0 Å². The van der Waals surface area contributed by atoms with Crippen molar-refractivity contribution in [1.29, 1.82) is 0 Å². The molecule has 3 rings (SSSR count). The maximum atomic E-state index is 12.3. The van der Waals surface area contributed by atoms with E-state index in [-0.39, 0.29) is 17.6 Å². The van der Waals surface area contributed by atoms with Crippen LogP contribution in [0.3, 0.4) is 0 Å². The molecule has 0 aromatic heterocycles. The normalized spacial score (nSPS) is 28.4. The Kier molecular flexibility index (Phi) is 3.13. The Hall–Kier alpha value is -1.64. The van der Waals surface area contributed by atoms with Crippen LogP contribution in [-0.2, 0) is 4.79 Å². The van der Waals surface area contributed by atoms with Gasteiger partial charge in [0, 0.05) is 17.2 Å². The van der Waals surface area contributed by atoms with E-state index in [2.05, 4.69) is 5.32 Å². The van der Waals surface area contributed by atoms with Crippen LogP contribution in [0.25, 0.3) is 0 Å². The molecule has 2 aliphatic rings. The number of carbonyl (C=O) groups is 2. The van der Waals surface area contributed by atoms with Gasteiger partial charge in [-0.05, 0) is 50.2 Å². The van der Waals surface area contributed by atoms with E-state index in [1.165, 1.54) is 26.2 Å². The quantitative estimate of drug-likeness (QED) is 0.845. The fraction of sp³-hybridized carbons (Fsp3) is 0.500. The molecule has 3 heteroatoms. The number of benzene rings is 1. The lowest BCUT2D eigenvalue weighted by atomic mass is 9.88. The molecule has 100 valence electrons. The number of ketones is 1. The van der Waals surface area contributed by atoms with Crippen LogP contribution < -0.4 is 5.32 Å². The number of Topliss-reactive ketones (excluding diaryl/α,β-unsaturated/α-hetero) is 1. The first kappa shape index (κ1) is 12.4. The third-order valence-electron chi connectivity index (χ3n) is 4.61. The molecular weight excluding hydrogens is 238 g/mol. The number of nitrogens with one attached hydrogen (secondary N) is 1. The first-order chi connectivity index (χ1) is 9.13. The van der Waals surface area contributed by atoms with Crippen molar-refractivity contribution in [2.75, 3.05) is 5.32 Å². The Balaban J connectivity index is 1.69. The van der Waals surface area contributed by atoms with Gasteiger partial charge >= 0.3 is 0 Å². The minimum Gasteiger partial charge on any atom is -0.326 e. The molecule has 2 saturated carbocycles. The van der Waals surface area contributed by atoms with Gasteiger partial charge in [-0.15, -0.1) is 0 Å². The maximum Gasteiger partial charge on any atom is 0.227 e. The van der Waals surface area contributed by atoms with Crippen molar-refractivity contribution in [3.8, 4) is 0 Å². The van der Waals surface area contributed by atoms with Crippen LogP contribution in [-0.4, -0.2) is 11.7 Å². The third-order valence-corrected chi connectivity index (χ3v) is 4.61. The summed E-state index contributed by atoms with van der Waals surface area (Å²) < 4.78 is 0. The summed E-state index contributed by atoms with van der Waals surface area (Å²) in [6.07, 6.45) is 4.78. The molecule has 1 N–H and O–H groups in total. The molecule has 2 aliphatic carbocycles. The molecule has 1 aromatic rings. The van der Waals surface area contributed by atoms with Gasteiger partial charge < -0.3 is 5.32 Å². The minimum absolute atomic E-state index is 0.0241. The Labute approximate surface area is 113 Å². The fourth-order valence-corrected chi connectivity index (χ4v) is 3.62. The van der Waals surface area contributed by atoms with Crippen molar-refractivity contribution in [2.24, 2.45) is 17.8 Å². The summed E-state index contributed by atoms with van der Waals surface area (Å²) in [4.78, 5) is 23.6. The van der Waals surface area contributed by atoms with Gasteiger partial charge in [-0.3, -0.25) is 9.59 Å². The first-order valence-electron chi connectivity index (χ1n) is 7.05. The third kappa shape index (κ3) is 2.42. The zero-order chi connectivity index (χ0) is 13.4. The highest BCUT2D eigenvalue weighted by molar-refractivity contribution is 5.97. The van der Waals surface area contributed by atoms with Crippen LogP contribution >= 0.6 is 0 Å². The number of fused-ring (bicyclic) bond motifs is 2. The smallest absolute Gasteiger partial charge is 0.227 e. The molecule has 0 radical (unpaired) electrons. The molecule has 3 nitrogen and oxygen atoms in total. The molecule has 3 atom stereocenters. The lowest BCUT2D eigenvalue weighted by Crippen LogP contribution is -2.27. The molecule has 3 unspecified atom stereocenters. The number of carbonyl (C=O) groups excluding carboxylic acids is 2. The van der Waals surface area contributed by atoms with Gasteiger partial charge in [0.1, 0.15) is 0 Å². The summed E-state index contributed by atoms with van der Waals surface area (Å²) in [6.45, 7) is 1.54. The van der Waals surface area contributed by atoms with Gasteiger partial charge in [0.05, 0.1) is 0 Å². The Morgan fingerprint density at radius 2 is 2.05 bits per heavy atom. The highest BCUT2D eigenvalue weighted by Gasteiger charge is 2.42. The molecule has 0 saturated heterocycles. The minimum atomic E-state index is 0.0241.